The zero-order valence-electron chi connectivity index (χ0n) is 8.43. The van der Waals surface area contributed by atoms with Crippen molar-refractivity contribution in [2.75, 3.05) is 0 Å². The first kappa shape index (κ1) is 10.4. The molecule has 0 fully saturated rings. The van der Waals surface area contributed by atoms with E-state index in [1.54, 1.807) is 12.5 Å². The Labute approximate surface area is 97.5 Å². The Morgan fingerprint density at radius 2 is 2.20 bits per heavy atom. The lowest BCUT2D eigenvalue weighted by Gasteiger charge is -2.16. The van der Waals surface area contributed by atoms with Crippen molar-refractivity contribution in [3.05, 3.63) is 54.2 Å². The number of pyridine rings is 1. The van der Waals surface area contributed by atoms with Crippen molar-refractivity contribution in [3.63, 3.8) is 0 Å². The Morgan fingerprint density at radius 3 is 2.80 bits per heavy atom. The fourth-order valence-corrected chi connectivity index (χ4v) is 2.05. The molecule has 2 nitrogen and oxygen atoms in total. The number of halogens is 1. The van der Waals surface area contributed by atoms with E-state index < -0.39 is 0 Å². The molecule has 2 aromatic heterocycles. The summed E-state index contributed by atoms with van der Waals surface area (Å²) in [6.07, 6.45) is 5.27. The normalized spacial score (nSPS) is 14.8. The predicted octanol–water partition coefficient (Wildman–Crippen LogP) is 3.91. The van der Waals surface area contributed by atoms with Gasteiger partial charge in [-0.3, -0.25) is 4.98 Å². The third-order valence-corrected chi connectivity index (χ3v) is 3.78. The molecule has 0 aliphatic carbocycles. The Kier molecular flexibility index (Phi) is 3.21. The first-order valence-corrected chi connectivity index (χ1v) is 5.77. The summed E-state index contributed by atoms with van der Waals surface area (Å²) in [5.41, 5.74) is 2.23. The summed E-state index contributed by atoms with van der Waals surface area (Å²) in [7, 11) is 0. The summed E-state index contributed by atoms with van der Waals surface area (Å²) in [5, 5.41) is 0. The molecule has 2 unspecified atom stereocenters. The molecule has 0 aromatic carbocycles. The third-order valence-electron chi connectivity index (χ3n) is 2.45. The van der Waals surface area contributed by atoms with E-state index in [2.05, 4.69) is 27.8 Å². The molecule has 2 rings (SSSR count). The van der Waals surface area contributed by atoms with E-state index in [0.29, 0.717) is 5.92 Å². The van der Waals surface area contributed by atoms with Crippen LogP contribution in [-0.4, -0.2) is 4.98 Å². The van der Waals surface area contributed by atoms with E-state index in [1.165, 1.54) is 0 Å². The molecule has 2 heterocycles. The summed E-state index contributed by atoms with van der Waals surface area (Å²) in [5.74, 6) is 0.323. The molecule has 2 aromatic rings. The lowest BCUT2D eigenvalue weighted by atomic mass is 9.99. The van der Waals surface area contributed by atoms with Gasteiger partial charge in [-0.1, -0.05) is 28.9 Å². The number of nitrogens with zero attached hydrogens (tertiary/aromatic N) is 1. The Balaban J connectivity index is 2.18. The Morgan fingerprint density at radius 1 is 1.33 bits per heavy atom. The van der Waals surface area contributed by atoms with Crippen molar-refractivity contribution in [2.45, 2.75) is 17.7 Å². The lowest BCUT2D eigenvalue weighted by Crippen LogP contribution is -2.02. The molecule has 0 saturated heterocycles. The van der Waals surface area contributed by atoms with Crippen molar-refractivity contribution in [3.8, 4) is 0 Å². The van der Waals surface area contributed by atoms with Crippen LogP contribution in [0, 0.1) is 0 Å². The van der Waals surface area contributed by atoms with E-state index in [-0.39, 0.29) is 4.83 Å². The molecule has 0 saturated carbocycles. The molecule has 78 valence electrons. The zero-order valence-corrected chi connectivity index (χ0v) is 10.0. The van der Waals surface area contributed by atoms with Crippen LogP contribution in [0.4, 0.5) is 0 Å². The number of alkyl halides is 1. The molecule has 0 bridgehead atoms. The molecule has 0 spiro atoms. The van der Waals surface area contributed by atoms with Gasteiger partial charge in [-0.2, -0.15) is 0 Å². The minimum absolute atomic E-state index is 0.242. The van der Waals surface area contributed by atoms with Crippen LogP contribution in [0.1, 0.15) is 28.9 Å². The maximum atomic E-state index is 5.07. The topological polar surface area (TPSA) is 26.0 Å². The summed E-state index contributed by atoms with van der Waals surface area (Å²) in [4.78, 5) is 4.59. The van der Waals surface area contributed by atoms with Gasteiger partial charge in [0.2, 0.25) is 0 Å². The predicted molar refractivity (Wildman–Crippen MR) is 63.0 cm³/mol. The molecule has 3 heteroatoms. The fourth-order valence-electron chi connectivity index (χ4n) is 1.52. The second-order valence-electron chi connectivity index (χ2n) is 3.50. The second-order valence-corrected chi connectivity index (χ2v) is 4.49. The van der Waals surface area contributed by atoms with Gasteiger partial charge in [0.05, 0.1) is 17.4 Å². The van der Waals surface area contributed by atoms with Crippen LogP contribution >= 0.6 is 15.9 Å². The van der Waals surface area contributed by atoms with Gasteiger partial charge in [-0.25, -0.2) is 0 Å². The van der Waals surface area contributed by atoms with Gasteiger partial charge < -0.3 is 4.42 Å². The first-order valence-electron chi connectivity index (χ1n) is 4.86. The van der Waals surface area contributed by atoms with Crippen molar-refractivity contribution in [2.24, 2.45) is 0 Å². The van der Waals surface area contributed by atoms with E-state index in [4.69, 9.17) is 4.42 Å². The Hall–Kier alpha value is -1.09. The van der Waals surface area contributed by atoms with Gasteiger partial charge in [0.25, 0.3) is 0 Å². The van der Waals surface area contributed by atoms with Gasteiger partial charge in [-0.05, 0) is 18.2 Å². The van der Waals surface area contributed by atoms with E-state index in [9.17, 15) is 0 Å². The van der Waals surface area contributed by atoms with Crippen LogP contribution in [0.15, 0.2) is 47.4 Å². The summed E-state index contributed by atoms with van der Waals surface area (Å²) >= 11 is 3.67. The van der Waals surface area contributed by atoms with Gasteiger partial charge in [-0.15, -0.1) is 0 Å². The largest absolute Gasteiger partial charge is 0.472 e. The number of rotatable bonds is 3. The maximum Gasteiger partial charge on any atom is 0.0946 e. The minimum atomic E-state index is 0.242. The summed E-state index contributed by atoms with van der Waals surface area (Å²) in [6, 6.07) is 7.95. The van der Waals surface area contributed by atoms with Crippen LogP contribution in [0.2, 0.25) is 0 Å². The van der Waals surface area contributed by atoms with Gasteiger partial charge in [0.15, 0.2) is 0 Å². The lowest BCUT2D eigenvalue weighted by molar-refractivity contribution is 0.561. The quantitative estimate of drug-likeness (QED) is 0.787. The first-order chi connectivity index (χ1) is 7.29. The number of aromatic nitrogens is 1. The van der Waals surface area contributed by atoms with Gasteiger partial charge in [0, 0.05) is 23.4 Å². The average molecular weight is 266 g/mol. The molecule has 0 radical (unpaired) electrons. The molecule has 15 heavy (non-hydrogen) atoms. The van der Waals surface area contributed by atoms with Crippen molar-refractivity contribution in [1.82, 2.24) is 4.98 Å². The third kappa shape index (κ3) is 2.29. The number of furan rings is 1. The van der Waals surface area contributed by atoms with Crippen molar-refractivity contribution in [1.29, 1.82) is 0 Å². The average Bonchev–Trinajstić information content (AvgIpc) is 2.82. The Bertz CT molecular complexity index is 399. The molecule has 2 atom stereocenters. The van der Waals surface area contributed by atoms with E-state index in [1.807, 2.05) is 30.5 Å². The van der Waals surface area contributed by atoms with Crippen LogP contribution in [-0.2, 0) is 0 Å². The molecule has 0 amide bonds. The summed E-state index contributed by atoms with van der Waals surface area (Å²) < 4.78 is 5.07. The SMILES string of the molecule is CC(c1ccccn1)C(Br)c1ccoc1. The molecule has 0 N–H and O–H groups in total. The molecular formula is C12H12BrNO. The minimum Gasteiger partial charge on any atom is -0.472 e. The highest BCUT2D eigenvalue weighted by Gasteiger charge is 2.19. The fraction of sp³-hybridized carbons (Fsp3) is 0.250. The van der Waals surface area contributed by atoms with Gasteiger partial charge in [0.1, 0.15) is 0 Å². The highest BCUT2D eigenvalue weighted by molar-refractivity contribution is 9.09. The van der Waals surface area contributed by atoms with Crippen LogP contribution in [0.5, 0.6) is 0 Å². The smallest absolute Gasteiger partial charge is 0.0946 e. The standard InChI is InChI=1S/C12H12BrNO/c1-9(11-4-2-3-6-14-11)12(13)10-5-7-15-8-10/h2-9,12H,1H3. The monoisotopic (exact) mass is 265 g/mol. The van der Waals surface area contributed by atoms with Crippen molar-refractivity contribution >= 4 is 15.9 Å². The number of hydrogen-bond donors (Lipinski definition) is 0. The molecular weight excluding hydrogens is 254 g/mol. The summed E-state index contributed by atoms with van der Waals surface area (Å²) in [6.45, 7) is 2.15. The molecule has 0 aliphatic heterocycles. The zero-order chi connectivity index (χ0) is 10.7. The maximum absolute atomic E-state index is 5.07. The second kappa shape index (κ2) is 4.62. The van der Waals surface area contributed by atoms with E-state index in [0.717, 1.165) is 11.3 Å². The highest BCUT2D eigenvalue weighted by atomic mass is 79.9. The van der Waals surface area contributed by atoms with E-state index >= 15 is 0 Å². The molecule has 0 aliphatic rings. The van der Waals surface area contributed by atoms with Crippen LogP contribution < -0.4 is 0 Å². The van der Waals surface area contributed by atoms with Crippen molar-refractivity contribution < 1.29 is 4.42 Å². The van der Waals surface area contributed by atoms with Crippen LogP contribution in [0.3, 0.4) is 0 Å². The van der Waals surface area contributed by atoms with Crippen LogP contribution in [0.25, 0.3) is 0 Å². The number of hydrogen-bond acceptors (Lipinski definition) is 2. The van der Waals surface area contributed by atoms with Gasteiger partial charge >= 0.3 is 0 Å². The highest BCUT2D eigenvalue weighted by Crippen LogP contribution is 2.36.